The van der Waals surface area contributed by atoms with E-state index in [0.717, 1.165) is 22.4 Å². The Kier molecular flexibility index (Phi) is 3.30. The Hall–Kier alpha value is -2.83. The number of hydrogen-bond donors (Lipinski definition) is 1. The van der Waals surface area contributed by atoms with Crippen molar-refractivity contribution >= 4 is 16.9 Å². The number of rotatable bonds is 3. The maximum Gasteiger partial charge on any atom is 0.326 e. The van der Waals surface area contributed by atoms with Crippen molar-refractivity contribution in [2.24, 2.45) is 0 Å². The van der Waals surface area contributed by atoms with E-state index in [4.69, 9.17) is 0 Å². The van der Waals surface area contributed by atoms with Gasteiger partial charge in [0.15, 0.2) is 0 Å². The molecule has 0 bridgehead atoms. The van der Waals surface area contributed by atoms with Gasteiger partial charge in [0.2, 0.25) is 5.91 Å². The fourth-order valence-electron chi connectivity index (χ4n) is 3.33. The molecule has 7 nitrogen and oxygen atoms in total. The number of aromatic nitrogens is 4. The van der Waals surface area contributed by atoms with Crippen molar-refractivity contribution in [1.82, 2.24) is 24.2 Å². The van der Waals surface area contributed by atoms with E-state index in [1.807, 2.05) is 48.9 Å². The Balaban J connectivity index is 1.47. The third-order valence-corrected chi connectivity index (χ3v) is 4.58. The van der Waals surface area contributed by atoms with Crippen LogP contribution in [0.25, 0.3) is 11.0 Å². The lowest BCUT2D eigenvalue weighted by molar-refractivity contribution is -0.137. The van der Waals surface area contributed by atoms with E-state index in [1.54, 1.807) is 4.90 Å². The molecule has 0 atom stereocenters. The van der Waals surface area contributed by atoms with Crippen LogP contribution in [-0.2, 0) is 11.3 Å². The molecule has 1 N–H and O–H groups in total. The van der Waals surface area contributed by atoms with Crippen molar-refractivity contribution in [1.29, 1.82) is 0 Å². The first-order valence-corrected chi connectivity index (χ1v) is 8.01. The molecule has 4 rings (SSSR count). The van der Waals surface area contributed by atoms with Gasteiger partial charge in [-0.1, -0.05) is 12.1 Å². The van der Waals surface area contributed by atoms with Crippen LogP contribution in [-0.4, -0.2) is 43.2 Å². The minimum Gasteiger partial charge on any atom is -0.337 e. The number of aryl methyl sites for hydroxylation is 2. The molecule has 1 aliphatic rings. The maximum atomic E-state index is 12.5. The van der Waals surface area contributed by atoms with Crippen molar-refractivity contribution < 1.29 is 4.79 Å². The van der Waals surface area contributed by atoms with Gasteiger partial charge in [-0.3, -0.25) is 14.0 Å². The van der Waals surface area contributed by atoms with Crippen LogP contribution < -0.4 is 5.69 Å². The molecule has 24 heavy (non-hydrogen) atoms. The molecule has 0 aliphatic carbocycles. The fraction of sp³-hybridized carbons (Fsp3) is 0.353. The van der Waals surface area contributed by atoms with E-state index >= 15 is 0 Å². The Morgan fingerprint density at radius 2 is 2.04 bits per heavy atom. The Bertz CT molecular complexity index is 974. The van der Waals surface area contributed by atoms with E-state index in [9.17, 15) is 9.59 Å². The second-order valence-corrected chi connectivity index (χ2v) is 6.36. The SMILES string of the molecule is Cc1cc(C)n(C2CN(C(=O)Cn3c(=O)[nH]c4ccccc43)C2)n1. The molecular formula is C17H19N5O2. The summed E-state index contributed by atoms with van der Waals surface area (Å²) < 4.78 is 3.48. The average Bonchev–Trinajstić information content (AvgIpc) is 2.98. The zero-order chi connectivity index (χ0) is 16.8. The first-order chi connectivity index (χ1) is 11.5. The number of carbonyl (C=O) groups excluding carboxylic acids is 1. The van der Waals surface area contributed by atoms with Crippen molar-refractivity contribution in [2.45, 2.75) is 26.4 Å². The number of para-hydroxylation sites is 2. The summed E-state index contributed by atoms with van der Waals surface area (Å²) in [6, 6.07) is 9.66. The van der Waals surface area contributed by atoms with E-state index in [2.05, 4.69) is 10.1 Å². The quantitative estimate of drug-likeness (QED) is 0.787. The zero-order valence-corrected chi connectivity index (χ0v) is 13.7. The van der Waals surface area contributed by atoms with Crippen molar-refractivity contribution in [3.05, 3.63) is 52.2 Å². The smallest absolute Gasteiger partial charge is 0.326 e. The maximum absolute atomic E-state index is 12.5. The summed E-state index contributed by atoms with van der Waals surface area (Å²) in [7, 11) is 0. The second kappa shape index (κ2) is 5.36. The zero-order valence-electron chi connectivity index (χ0n) is 13.7. The number of hydrogen-bond acceptors (Lipinski definition) is 3. The topological polar surface area (TPSA) is 75.9 Å². The van der Waals surface area contributed by atoms with Gasteiger partial charge in [0.1, 0.15) is 6.54 Å². The van der Waals surface area contributed by atoms with Crippen LogP contribution in [0.2, 0.25) is 0 Å². The molecular weight excluding hydrogens is 306 g/mol. The van der Waals surface area contributed by atoms with Gasteiger partial charge in [-0.15, -0.1) is 0 Å². The molecule has 1 fully saturated rings. The lowest BCUT2D eigenvalue weighted by Crippen LogP contribution is -2.52. The summed E-state index contributed by atoms with van der Waals surface area (Å²) in [5, 5.41) is 4.48. The summed E-state index contributed by atoms with van der Waals surface area (Å²) in [6.45, 7) is 5.33. The van der Waals surface area contributed by atoms with Crippen LogP contribution in [0.5, 0.6) is 0 Å². The summed E-state index contributed by atoms with van der Waals surface area (Å²) >= 11 is 0. The van der Waals surface area contributed by atoms with Gasteiger partial charge in [-0.25, -0.2) is 4.79 Å². The molecule has 3 heterocycles. The lowest BCUT2D eigenvalue weighted by Gasteiger charge is -2.39. The van der Waals surface area contributed by atoms with E-state index in [0.29, 0.717) is 13.1 Å². The largest absolute Gasteiger partial charge is 0.337 e. The van der Waals surface area contributed by atoms with Crippen LogP contribution in [0.1, 0.15) is 17.4 Å². The molecule has 0 unspecified atom stereocenters. The number of nitrogens with one attached hydrogen (secondary N) is 1. The molecule has 1 saturated heterocycles. The van der Waals surface area contributed by atoms with Gasteiger partial charge in [0.25, 0.3) is 0 Å². The lowest BCUT2D eigenvalue weighted by atomic mass is 10.1. The number of benzene rings is 1. The van der Waals surface area contributed by atoms with Gasteiger partial charge >= 0.3 is 5.69 Å². The standard InChI is InChI=1S/C17H19N5O2/c1-11-7-12(2)22(19-11)13-8-20(9-13)16(23)10-21-15-6-4-3-5-14(15)18-17(21)24/h3-7,13H,8-10H2,1-2H3,(H,18,24). The predicted molar refractivity (Wildman–Crippen MR) is 89.9 cm³/mol. The minimum atomic E-state index is -0.250. The Morgan fingerprint density at radius 3 is 2.75 bits per heavy atom. The first-order valence-electron chi connectivity index (χ1n) is 8.01. The van der Waals surface area contributed by atoms with Gasteiger partial charge < -0.3 is 9.88 Å². The van der Waals surface area contributed by atoms with Gasteiger partial charge in [0, 0.05) is 18.8 Å². The van der Waals surface area contributed by atoms with Crippen LogP contribution in [0.15, 0.2) is 35.1 Å². The second-order valence-electron chi connectivity index (χ2n) is 6.36. The highest BCUT2D eigenvalue weighted by Gasteiger charge is 2.33. The summed E-state index contributed by atoms with van der Waals surface area (Å²) in [5.74, 6) is -0.0420. The molecule has 0 spiro atoms. The van der Waals surface area contributed by atoms with E-state index < -0.39 is 0 Å². The number of imidazole rings is 1. The molecule has 3 aromatic rings. The fourth-order valence-corrected chi connectivity index (χ4v) is 3.33. The summed E-state index contributed by atoms with van der Waals surface area (Å²) in [4.78, 5) is 29.1. The first kappa shape index (κ1) is 14.7. The highest BCUT2D eigenvalue weighted by Crippen LogP contribution is 2.23. The summed E-state index contributed by atoms with van der Waals surface area (Å²) in [5.41, 5.74) is 3.35. The number of aromatic amines is 1. The van der Waals surface area contributed by atoms with Crippen molar-refractivity contribution in [3.8, 4) is 0 Å². The van der Waals surface area contributed by atoms with E-state index in [-0.39, 0.29) is 24.2 Å². The molecule has 2 aromatic heterocycles. The van der Waals surface area contributed by atoms with Gasteiger partial charge in [-0.05, 0) is 32.0 Å². The van der Waals surface area contributed by atoms with Crippen LogP contribution >= 0.6 is 0 Å². The molecule has 7 heteroatoms. The molecule has 124 valence electrons. The number of H-pyrrole nitrogens is 1. The minimum absolute atomic E-state index is 0.0420. The third-order valence-electron chi connectivity index (χ3n) is 4.58. The number of fused-ring (bicyclic) bond motifs is 1. The molecule has 1 amide bonds. The molecule has 0 saturated carbocycles. The third kappa shape index (κ3) is 2.33. The number of nitrogens with zero attached hydrogens (tertiary/aromatic N) is 4. The number of amides is 1. The normalized spacial score (nSPS) is 15.0. The number of carbonyl (C=O) groups is 1. The van der Waals surface area contributed by atoms with Crippen LogP contribution in [0, 0.1) is 13.8 Å². The highest BCUT2D eigenvalue weighted by atomic mass is 16.2. The highest BCUT2D eigenvalue weighted by molar-refractivity contribution is 5.81. The van der Waals surface area contributed by atoms with Gasteiger partial charge in [0.05, 0.1) is 22.8 Å². The van der Waals surface area contributed by atoms with E-state index in [1.165, 1.54) is 4.57 Å². The molecule has 1 aliphatic heterocycles. The van der Waals surface area contributed by atoms with Gasteiger partial charge in [-0.2, -0.15) is 5.10 Å². The monoisotopic (exact) mass is 325 g/mol. The molecule has 0 radical (unpaired) electrons. The number of likely N-dealkylation sites (tertiary alicyclic amines) is 1. The van der Waals surface area contributed by atoms with Crippen LogP contribution in [0.4, 0.5) is 0 Å². The summed E-state index contributed by atoms with van der Waals surface area (Å²) in [6.07, 6.45) is 0. The van der Waals surface area contributed by atoms with Crippen molar-refractivity contribution in [3.63, 3.8) is 0 Å². The Labute approximate surface area is 138 Å². The van der Waals surface area contributed by atoms with Crippen molar-refractivity contribution in [2.75, 3.05) is 13.1 Å². The predicted octanol–water partition coefficient (Wildman–Crippen LogP) is 1.23. The Morgan fingerprint density at radius 1 is 1.29 bits per heavy atom. The van der Waals surface area contributed by atoms with Crippen LogP contribution in [0.3, 0.4) is 0 Å². The average molecular weight is 325 g/mol. The molecule has 1 aromatic carbocycles.